The Morgan fingerprint density at radius 1 is 1.29 bits per heavy atom. The summed E-state index contributed by atoms with van der Waals surface area (Å²) in [6.07, 6.45) is 3.12. The molecular formula is C18H18F2N2O2. The number of halogens is 2. The van der Waals surface area contributed by atoms with Gasteiger partial charge in [-0.05, 0) is 42.9 Å². The molecule has 2 aliphatic rings. The molecule has 126 valence electrons. The first-order valence-electron chi connectivity index (χ1n) is 8.35. The van der Waals surface area contributed by atoms with Crippen LogP contribution in [0.25, 0.3) is 0 Å². The summed E-state index contributed by atoms with van der Waals surface area (Å²) in [5, 5.41) is 3.94. The highest BCUT2D eigenvalue weighted by Crippen LogP contribution is 2.35. The monoisotopic (exact) mass is 332 g/mol. The van der Waals surface area contributed by atoms with Crippen molar-refractivity contribution >= 4 is 5.78 Å². The van der Waals surface area contributed by atoms with Gasteiger partial charge in [0.2, 0.25) is 5.95 Å². The predicted molar refractivity (Wildman–Crippen MR) is 83.0 cm³/mol. The lowest BCUT2D eigenvalue weighted by atomic mass is 9.85. The van der Waals surface area contributed by atoms with Gasteiger partial charge in [0.05, 0.1) is 5.69 Å². The number of carbonyl (C=O) groups is 1. The number of fused-ring (bicyclic) bond motifs is 2. The van der Waals surface area contributed by atoms with E-state index in [0.29, 0.717) is 36.3 Å². The van der Waals surface area contributed by atoms with Crippen molar-refractivity contribution in [2.75, 3.05) is 6.61 Å². The Balaban J connectivity index is 1.84. The van der Waals surface area contributed by atoms with Crippen molar-refractivity contribution in [3.63, 3.8) is 0 Å². The highest BCUT2D eigenvalue weighted by molar-refractivity contribution is 6.13. The molecule has 24 heavy (non-hydrogen) atoms. The summed E-state index contributed by atoms with van der Waals surface area (Å²) < 4.78 is 35.7. The van der Waals surface area contributed by atoms with Gasteiger partial charge in [0.1, 0.15) is 11.4 Å². The van der Waals surface area contributed by atoms with Crippen LogP contribution < -0.4 is 0 Å². The van der Waals surface area contributed by atoms with Crippen molar-refractivity contribution in [1.29, 1.82) is 0 Å². The highest BCUT2D eigenvalue weighted by Gasteiger charge is 2.35. The molecule has 1 aromatic heterocycles. The lowest BCUT2D eigenvalue weighted by Gasteiger charge is -2.26. The molecule has 0 N–H and O–H groups in total. The van der Waals surface area contributed by atoms with Crippen LogP contribution in [0.5, 0.6) is 0 Å². The molecule has 1 unspecified atom stereocenters. The predicted octanol–water partition coefficient (Wildman–Crippen LogP) is 3.56. The number of carbonyl (C=O) groups excluding carboxylic acids is 1. The molecule has 6 heteroatoms. The third-order valence-electron chi connectivity index (χ3n) is 4.90. The zero-order chi connectivity index (χ0) is 16.8. The van der Waals surface area contributed by atoms with E-state index in [1.807, 2.05) is 0 Å². The summed E-state index contributed by atoms with van der Waals surface area (Å²) in [6, 6.07) is 2.99. The molecule has 1 aromatic carbocycles. The number of ether oxygens (including phenoxy) is 1. The first kappa shape index (κ1) is 15.4. The molecule has 0 bridgehead atoms. The molecule has 4 nitrogen and oxygen atoms in total. The van der Waals surface area contributed by atoms with Gasteiger partial charge in [-0.2, -0.15) is 4.39 Å². The van der Waals surface area contributed by atoms with E-state index in [0.717, 1.165) is 24.8 Å². The first-order valence-corrected chi connectivity index (χ1v) is 8.35. The fourth-order valence-electron chi connectivity index (χ4n) is 3.74. The fraction of sp³-hybridized carbons (Fsp3) is 0.444. The zero-order valence-corrected chi connectivity index (χ0v) is 13.4. The zero-order valence-electron chi connectivity index (χ0n) is 13.4. The van der Waals surface area contributed by atoms with Crippen LogP contribution in [0.2, 0.25) is 0 Å². The Hall–Kier alpha value is -2.08. The summed E-state index contributed by atoms with van der Waals surface area (Å²) in [4.78, 5) is 12.9. The number of benzene rings is 1. The Labute approximate surface area is 138 Å². The van der Waals surface area contributed by atoms with E-state index in [4.69, 9.17) is 4.74 Å². The average molecular weight is 332 g/mol. The molecule has 2 heterocycles. The van der Waals surface area contributed by atoms with Crippen LogP contribution >= 0.6 is 0 Å². The minimum atomic E-state index is -0.791. The number of ketones is 1. The maximum absolute atomic E-state index is 14.4. The highest BCUT2D eigenvalue weighted by atomic mass is 19.1. The molecule has 4 rings (SSSR count). The molecule has 0 spiro atoms. The van der Waals surface area contributed by atoms with Crippen LogP contribution in [0.4, 0.5) is 8.78 Å². The first-order chi connectivity index (χ1) is 11.6. The minimum Gasteiger partial charge on any atom is -0.357 e. The molecule has 1 aliphatic carbocycles. The van der Waals surface area contributed by atoms with Crippen LogP contribution in [-0.2, 0) is 17.6 Å². The van der Waals surface area contributed by atoms with Crippen molar-refractivity contribution in [2.45, 2.75) is 45.3 Å². The number of hydrogen-bond donors (Lipinski definition) is 0. The van der Waals surface area contributed by atoms with Gasteiger partial charge < -0.3 is 4.74 Å². The van der Waals surface area contributed by atoms with Gasteiger partial charge in [0.25, 0.3) is 0 Å². The lowest BCUT2D eigenvalue weighted by molar-refractivity contribution is -0.0417. The van der Waals surface area contributed by atoms with Crippen LogP contribution in [0.1, 0.15) is 65.2 Å². The summed E-state index contributed by atoms with van der Waals surface area (Å²) in [7, 11) is 0. The van der Waals surface area contributed by atoms with Gasteiger partial charge in [-0.3, -0.25) is 4.79 Å². The SMILES string of the molecule is CCc1c(F)ccc2c1C(=O)c1c(F)nn(C3CCCCO3)c1C2. The normalized spacial score (nSPS) is 20.0. The Morgan fingerprint density at radius 2 is 2.12 bits per heavy atom. The van der Waals surface area contributed by atoms with E-state index in [2.05, 4.69) is 5.10 Å². The minimum absolute atomic E-state index is 0.0306. The van der Waals surface area contributed by atoms with Gasteiger partial charge in [-0.25, -0.2) is 9.07 Å². The molecular weight excluding hydrogens is 314 g/mol. The maximum atomic E-state index is 14.4. The fourth-order valence-corrected chi connectivity index (χ4v) is 3.74. The largest absolute Gasteiger partial charge is 0.357 e. The second-order valence-electron chi connectivity index (χ2n) is 6.30. The summed E-state index contributed by atoms with van der Waals surface area (Å²) >= 11 is 0. The Morgan fingerprint density at radius 3 is 2.83 bits per heavy atom. The van der Waals surface area contributed by atoms with E-state index < -0.39 is 17.5 Å². The molecule has 0 radical (unpaired) electrons. The Kier molecular flexibility index (Phi) is 3.72. The van der Waals surface area contributed by atoms with Gasteiger partial charge in [-0.1, -0.05) is 13.0 Å². The molecule has 1 fully saturated rings. The molecule has 1 saturated heterocycles. The average Bonchev–Trinajstić information content (AvgIpc) is 2.93. The van der Waals surface area contributed by atoms with Crippen molar-refractivity contribution < 1.29 is 18.3 Å². The van der Waals surface area contributed by atoms with Crippen molar-refractivity contribution in [3.8, 4) is 0 Å². The van der Waals surface area contributed by atoms with Crippen LogP contribution in [0.3, 0.4) is 0 Å². The van der Waals surface area contributed by atoms with Gasteiger partial charge >= 0.3 is 0 Å². The second-order valence-corrected chi connectivity index (χ2v) is 6.30. The summed E-state index contributed by atoms with van der Waals surface area (Å²) in [5.41, 5.74) is 1.88. The molecule has 0 amide bonds. The molecule has 1 atom stereocenters. The van der Waals surface area contributed by atoms with E-state index >= 15 is 0 Å². The van der Waals surface area contributed by atoms with E-state index in [1.165, 1.54) is 10.7 Å². The number of aromatic nitrogens is 2. The number of rotatable bonds is 2. The van der Waals surface area contributed by atoms with E-state index in [-0.39, 0.29) is 11.8 Å². The van der Waals surface area contributed by atoms with Gasteiger partial charge in [-0.15, -0.1) is 5.10 Å². The van der Waals surface area contributed by atoms with Gasteiger partial charge in [0, 0.05) is 18.6 Å². The number of nitrogens with zero attached hydrogens (tertiary/aromatic N) is 2. The standard InChI is InChI=1S/C18H18F2N2O2/c1-2-11-12(19)7-6-10-9-13-16(17(23)15(10)11)18(20)21-22(13)14-5-3-4-8-24-14/h6-7,14H,2-5,8-9H2,1H3. The molecule has 0 saturated carbocycles. The van der Waals surface area contributed by atoms with Crippen molar-refractivity contribution in [3.05, 3.63) is 51.8 Å². The maximum Gasteiger partial charge on any atom is 0.244 e. The van der Waals surface area contributed by atoms with Crippen LogP contribution in [0, 0.1) is 11.8 Å². The topological polar surface area (TPSA) is 44.1 Å². The summed E-state index contributed by atoms with van der Waals surface area (Å²) in [6.45, 7) is 2.40. The smallest absolute Gasteiger partial charge is 0.244 e. The Bertz CT molecular complexity index is 823. The second kappa shape index (κ2) is 5.77. The van der Waals surface area contributed by atoms with Gasteiger partial charge in [0.15, 0.2) is 12.0 Å². The summed E-state index contributed by atoms with van der Waals surface area (Å²) in [5.74, 6) is -1.68. The quantitative estimate of drug-likeness (QED) is 0.721. The molecule has 2 aromatic rings. The molecule has 1 aliphatic heterocycles. The lowest BCUT2D eigenvalue weighted by Crippen LogP contribution is -2.24. The van der Waals surface area contributed by atoms with E-state index in [9.17, 15) is 13.6 Å². The van der Waals surface area contributed by atoms with Crippen molar-refractivity contribution in [1.82, 2.24) is 9.78 Å². The van der Waals surface area contributed by atoms with E-state index in [1.54, 1.807) is 13.0 Å². The third kappa shape index (κ3) is 2.20. The van der Waals surface area contributed by atoms with Crippen LogP contribution in [0.15, 0.2) is 12.1 Å². The number of hydrogen-bond acceptors (Lipinski definition) is 3. The van der Waals surface area contributed by atoms with Crippen LogP contribution in [-0.4, -0.2) is 22.2 Å². The third-order valence-corrected chi connectivity index (χ3v) is 4.90. The van der Waals surface area contributed by atoms with Crippen molar-refractivity contribution in [2.24, 2.45) is 0 Å².